The number of amides is 2. The summed E-state index contributed by atoms with van der Waals surface area (Å²) in [7, 11) is 0. The van der Waals surface area contributed by atoms with Gasteiger partial charge in [0.15, 0.2) is 0 Å². The summed E-state index contributed by atoms with van der Waals surface area (Å²) >= 11 is 0. The number of carbonyl (C=O) groups excluding carboxylic acids is 2. The average Bonchev–Trinajstić information content (AvgIpc) is 1.97. The zero-order valence-corrected chi connectivity index (χ0v) is 8.09. The molecule has 1 spiro atoms. The molecule has 3 heteroatoms. The second kappa shape index (κ2) is 2.56. The molecule has 1 aliphatic carbocycles. The normalized spacial score (nSPS) is 44.5. The third kappa shape index (κ3) is 1.18. The molecule has 0 aromatic carbocycles. The molecule has 1 saturated carbocycles. The van der Waals surface area contributed by atoms with E-state index >= 15 is 0 Å². The van der Waals surface area contributed by atoms with E-state index in [0.717, 1.165) is 12.8 Å². The average molecular weight is 181 g/mol. The Hall–Kier alpha value is -0.860. The molecule has 0 radical (unpaired) electrons. The summed E-state index contributed by atoms with van der Waals surface area (Å²) in [4.78, 5) is 22.6. The third-order valence-corrected chi connectivity index (χ3v) is 3.60. The van der Waals surface area contributed by atoms with Crippen LogP contribution >= 0.6 is 0 Å². The molecule has 2 aliphatic rings. The lowest BCUT2D eigenvalue weighted by Gasteiger charge is -2.51. The van der Waals surface area contributed by atoms with Crippen molar-refractivity contribution < 1.29 is 9.59 Å². The maximum atomic E-state index is 11.4. The Kier molecular flexibility index (Phi) is 1.72. The lowest BCUT2D eigenvalue weighted by atomic mass is 9.54. The van der Waals surface area contributed by atoms with Gasteiger partial charge in [-0.2, -0.15) is 0 Å². The molecule has 2 fully saturated rings. The van der Waals surface area contributed by atoms with Gasteiger partial charge in [0.25, 0.3) is 0 Å². The van der Waals surface area contributed by atoms with Crippen LogP contribution in [0.15, 0.2) is 0 Å². The molecule has 2 amide bonds. The highest BCUT2D eigenvalue weighted by molar-refractivity contribution is 5.99. The van der Waals surface area contributed by atoms with Crippen LogP contribution < -0.4 is 5.32 Å². The van der Waals surface area contributed by atoms with Gasteiger partial charge in [0.1, 0.15) is 0 Å². The van der Waals surface area contributed by atoms with Gasteiger partial charge in [-0.05, 0) is 24.2 Å². The van der Waals surface area contributed by atoms with E-state index in [-0.39, 0.29) is 23.1 Å². The Balaban J connectivity index is 2.18. The largest absolute Gasteiger partial charge is 0.296 e. The molecule has 13 heavy (non-hydrogen) atoms. The van der Waals surface area contributed by atoms with Crippen molar-refractivity contribution in [1.29, 1.82) is 0 Å². The highest BCUT2D eigenvalue weighted by Gasteiger charge is 2.52. The van der Waals surface area contributed by atoms with Crippen LogP contribution in [0.2, 0.25) is 0 Å². The van der Waals surface area contributed by atoms with Gasteiger partial charge in [0.2, 0.25) is 11.8 Å². The summed E-state index contributed by atoms with van der Waals surface area (Å²) in [6.45, 7) is 4.11. The zero-order valence-electron chi connectivity index (χ0n) is 8.09. The van der Waals surface area contributed by atoms with Crippen molar-refractivity contribution >= 4 is 11.8 Å². The fourth-order valence-corrected chi connectivity index (χ4v) is 2.87. The lowest BCUT2D eigenvalue weighted by Crippen LogP contribution is -2.55. The van der Waals surface area contributed by atoms with E-state index in [4.69, 9.17) is 0 Å². The van der Waals surface area contributed by atoms with Crippen LogP contribution in [0.25, 0.3) is 0 Å². The number of imide groups is 1. The number of hydrogen-bond acceptors (Lipinski definition) is 2. The topological polar surface area (TPSA) is 46.2 Å². The molecule has 3 nitrogen and oxygen atoms in total. The Bertz CT molecular complexity index is 266. The van der Waals surface area contributed by atoms with Crippen LogP contribution in [0.1, 0.15) is 33.1 Å². The van der Waals surface area contributed by atoms with E-state index in [2.05, 4.69) is 12.2 Å². The van der Waals surface area contributed by atoms with Crippen LogP contribution in [0.4, 0.5) is 0 Å². The van der Waals surface area contributed by atoms with Crippen LogP contribution in [0, 0.1) is 17.3 Å². The van der Waals surface area contributed by atoms with Gasteiger partial charge in [0, 0.05) is 12.3 Å². The number of hydrogen-bond donors (Lipinski definition) is 1. The van der Waals surface area contributed by atoms with Crippen molar-refractivity contribution in [2.24, 2.45) is 17.3 Å². The predicted molar refractivity (Wildman–Crippen MR) is 47.8 cm³/mol. The van der Waals surface area contributed by atoms with Crippen molar-refractivity contribution in [2.75, 3.05) is 0 Å². The van der Waals surface area contributed by atoms with Gasteiger partial charge < -0.3 is 0 Å². The first-order valence-corrected chi connectivity index (χ1v) is 4.87. The maximum Gasteiger partial charge on any atom is 0.229 e. The first-order valence-electron chi connectivity index (χ1n) is 4.87. The standard InChI is InChI=1S/C10H15NO2/c1-6-3-10(4-6)5-8(12)11-9(13)7(10)2/h6-7H,3-5H2,1-2H3,(H,11,12,13). The smallest absolute Gasteiger partial charge is 0.229 e. The van der Waals surface area contributed by atoms with Gasteiger partial charge in [-0.15, -0.1) is 0 Å². The van der Waals surface area contributed by atoms with Gasteiger partial charge in [-0.3, -0.25) is 14.9 Å². The predicted octanol–water partition coefficient (Wildman–Crippen LogP) is 1.09. The highest BCUT2D eigenvalue weighted by atomic mass is 16.2. The van der Waals surface area contributed by atoms with Crippen LogP contribution in [-0.2, 0) is 9.59 Å². The third-order valence-electron chi connectivity index (χ3n) is 3.60. The monoisotopic (exact) mass is 181 g/mol. The van der Waals surface area contributed by atoms with E-state index in [0.29, 0.717) is 12.3 Å². The molecule has 0 aromatic rings. The molecule has 72 valence electrons. The molecule has 1 unspecified atom stereocenters. The second-order valence-corrected chi connectivity index (χ2v) is 4.69. The number of nitrogens with one attached hydrogen (secondary N) is 1. The van der Waals surface area contributed by atoms with Gasteiger partial charge >= 0.3 is 0 Å². The molecule has 1 heterocycles. The molecular formula is C10H15NO2. The van der Waals surface area contributed by atoms with Crippen LogP contribution in [0.5, 0.6) is 0 Å². The quantitative estimate of drug-likeness (QED) is 0.568. The van der Waals surface area contributed by atoms with Crippen molar-refractivity contribution in [3.8, 4) is 0 Å². The molecule has 1 N–H and O–H groups in total. The Labute approximate surface area is 77.9 Å². The van der Waals surface area contributed by atoms with Crippen LogP contribution in [-0.4, -0.2) is 11.8 Å². The molecule has 1 atom stereocenters. The summed E-state index contributed by atoms with van der Waals surface area (Å²) in [6.07, 6.45) is 2.62. The summed E-state index contributed by atoms with van der Waals surface area (Å²) < 4.78 is 0. The van der Waals surface area contributed by atoms with Crippen molar-refractivity contribution in [1.82, 2.24) is 5.32 Å². The molecule has 1 aliphatic heterocycles. The molecular weight excluding hydrogens is 166 g/mol. The van der Waals surface area contributed by atoms with Crippen molar-refractivity contribution in [3.63, 3.8) is 0 Å². The number of carbonyl (C=O) groups is 2. The van der Waals surface area contributed by atoms with Gasteiger partial charge in [-0.1, -0.05) is 13.8 Å². The molecule has 1 saturated heterocycles. The van der Waals surface area contributed by atoms with E-state index in [1.165, 1.54) is 0 Å². The highest BCUT2D eigenvalue weighted by Crippen LogP contribution is 2.54. The minimum absolute atomic E-state index is 0.0127. The summed E-state index contributed by atoms with van der Waals surface area (Å²) in [5.74, 6) is 0.528. The summed E-state index contributed by atoms with van der Waals surface area (Å²) in [6, 6.07) is 0. The Morgan fingerprint density at radius 1 is 1.31 bits per heavy atom. The van der Waals surface area contributed by atoms with Crippen molar-refractivity contribution in [2.45, 2.75) is 33.1 Å². The molecule has 0 aromatic heterocycles. The Morgan fingerprint density at radius 2 is 1.92 bits per heavy atom. The summed E-state index contributed by atoms with van der Waals surface area (Å²) in [5, 5.41) is 2.39. The zero-order chi connectivity index (χ0) is 9.64. The fourth-order valence-electron chi connectivity index (χ4n) is 2.87. The second-order valence-electron chi connectivity index (χ2n) is 4.69. The number of piperidine rings is 1. The van der Waals surface area contributed by atoms with Crippen molar-refractivity contribution in [3.05, 3.63) is 0 Å². The SMILES string of the molecule is CC1CC2(CC(=O)NC(=O)C2C)C1. The number of rotatable bonds is 0. The molecule has 0 bridgehead atoms. The van der Waals surface area contributed by atoms with Gasteiger partial charge in [-0.25, -0.2) is 0 Å². The fraction of sp³-hybridized carbons (Fsp3) is 0.800. The lowest BCUT2D eigenvalue weighted by molar-refractivity contribution is -0.149. The maximum absolute atomic E-state index is 11.4. The van der Waals surface area contributed by atoms with E-state index < -0.39 is 0 Å². The molecule has 2 rings (SSSR count). The minimum atomic E-state index is -0.0880. The first kappa shape index (κ1) is 8.73. The van der Waals surface area contributed by atoms with E-state index in [9.17, 15) is 9.59 Å². The Morgan fingerprint density at radius 3 is 2.46 bits per heavy atom. The van der Waals surface area contributed by atoms with Crippen LogP contribution in [0.3, 0.4) is 0 Å². The van der Waals surface area contributed by atoms with E-state index in [1.807, 2.05) is 6.92 Å². The van der Waals surface area contributed by atoms with E-state index in [1.54, 1.807) is 0 Å². The summed E-state index contributed by atoms with van der Waals surface area (Å²) in [5.41, 5.74) is 0.0127. The minimum Gasteiger partial charge on any atom is -0.296 e. The first-order chi connectivity index (χ1) is 6.03. The van der Waals surface area contributed by atoms with Gasteiger partial charge in [0.05, 0.1) is 0 Å².